The highest BCUT2D eigenvalue weighted by molar-refractivity contribution is 5.68. The summed E-state index contributed by atoms with van der Waals surface area (Å²) in [6, 6.07) is 0. The van der Waals surface area contributed by atoms with Crippen molar-refractivity contribution in [2.24, 2.45) is 0 Å². The zero-order valence-electron chi connectivity index (χ0n) is 10.0. The Balaban J connectivity index is 2.09. The highest BCUT2D eigenvalue weighted by Crippen LogP contribution is 2.28. The van der Waals surface area contributed by atoms with Crippen molar-refractivity contribution >= 4 is 17.3 Å². The van der Waals surface area contributed by atoms with E-state index in [4.69, 9.17) is 4.52 Å². The van der Waals surface area contributed by atoms with Gasteiger partial charge in [-0.1, -0.05) is 5.16 Å². The lowest BCUT2D eigenvalue weighted by Gasteiger charge is -2.06. The van der Waals surface area contributed by atoms with E-state index in [9.17, 15) is 10.1 Å². The average molecular weight is 265 g/mol. The molecule has 0 unspecified atom stereocenters. The molecule has 2 heterocycles. The van der Waals surface area contributed by atoms with E-state index >= 15 is 0 Å². The minimum absolute atomic E-state index is 0.142. The molecule has 0 fully saturated rings. The second kappa shape index (κ2) is 5.71. The topological polar surface area (TPSA) is 132 Å². The number of nitro groups is 1. The maximum absolute atomic E-state index is 11.0. The van der Waals surface area contributed by atoms with E-state index in [2.05, 4.69) is 30.7 Å². The summed E-state index contributed by atoms with van der Waals surface area (Å²) in [5.41, 5.74) is -0.199. The smallest absolute Gasteiger partial charge is 0.353 e. The van der Waals surface area contributed by atoms with Gasteiger partial charge in [-0.3, -0.25) is 10.1 Å². The van der Waals surface area contributed by atoms with Gasteiger partial charge in [-0.2, -0.15) is 4.98 Å². The van der Waals surface area contributed by atoms with Crippen molar-refractivity contribution in [3.63, 3.8) is 0 Å². The fourth-order valence-electron chi connectivity index (χ4n) is 1.46. The number of nitrogens with zero attached hydrogens (tertiary/aromatic N) is 5. The summed E-state index contributed by atoms with van der Waals surface area (Å²) in [5.74, 6) is 0.738. The summed E-state index contributed by atoms with van der Waals surface area (Å²) >= 11 is 0. The molecule has 0 aliphatic carbocycles. The molecule has 0 amide bonds. The van der Waals surface area contributed by atoms with Crippen LogP contribution in [-0.4, -0.2) is 38.6 Å². The highest BCUT2D eigenvalue weighted by Gasteiger charge is 2.21. The Labute approximate surface area is 107 Å². The Hall–Kier alpha value is -2.78. The van der Waals surface area contributed by atoms with Crippen LogP contribution in [0.2, 0.25) is 0 Å². The Kier molecular flexibility index (Phi) is 3.81. The minimum Gasteiger partial charge on any atom is -0.367 e. The molecule has 10 nitrogen and oxygen atoms in total. The van der Waals surface area contributed by atoms with Crippen LogP contribution in [0.4, 0.5) is 17.3 Å². The van der Waals surface area contributed by atoms with Crippen LogP contribution in [0, 0.1) is 10.1 Å². The molecule has 2 aromatic rings. The van der Waals surface area contributed by atoms with Crippen LogP contribution >= 0.6 is 0 Å². The molecule has 0 bridgehead atoms. The van der Waals surface area contributed by atoms with Gasteiger partial charge in [0.05, 0.1) is 4.92 Å². The molecule has 10 heteroatoms. The Morgan fingerprint density at radius 2 is 2.11 bits per heavy atom. The van der Waals surface area contributed by atoms with Gasteiger partial charge in [0.1, 0.15) is 6.33 Å². The zero-order chi connectivity index (χ0) is 13.7. The summed E-state index contributed by atoms with van der Waals surface area (Å²) in [7, 11) is 1.55. The molecule has 2 aromatic heterocycles. The zero-order valence-corrected chi connectivity index (χ0v) is 10.0. The van der Waals surface area contributed by atoms with Crippen molar-refractivity contribution in [2.75, 3.05) is 24.2 Å². The second-order valence-electron chi connectivity index (χ2n) is 3.44. The van der Waals surface area contributed by atoms with E-state index in [0.29, 0.717) is 18.9 Å². The normalized spacial score (nSPS) is 10.2. The van der Waals surface area contributed by atoms with E-state index in [0.717, 1.165) is 0 Å². The van der Waals surface area contributed by atoms with Gasteiger partial charge in [-0.05, 0) is 0 Å². The van der Waals surface area contributed by atoms with Crippen molar-refractivity contribution < 1.29 is 9.45 Å². The van der Waals surface area contributed by atoms with Crippen molar-refractivity contribution in [3.05, 3.63) is 28.7 Å². The van der Waals surface area contributed by atoms with Gasteiger partial charge in [0.15, 0.2) is 6.33 Å². The maximum atomic E-state index is 11.0. The molecule has 0 aliphatic heterocycles. The van der Waals surface area contributed by atoms with Gasteiger partial charge in [0.25, 0.3) is 0 Å². The fraction of sp³-hybridized carbons (Fsp3) is 0.333. The predicted octanol–water partition coefficient (Wildman–Crippen LogP) is 0.464. The molecule has 0 aliphatic rings. The molecule has 0 radical (unpaired) electrons. The Morgan fingerprint density at radius 1 is 1.32 bits per heavy atom. The summed E-state index contributed by atoms with van der Waals surface area (Å²) < 4.78 is 4.81. The molecule has 100 valence electrons. The molecule has 0 saturated heterocycles. The summed E-state index contributed by atoms with van der Waals surface area (Å²) in [6.07, 6.45) is 2.98. The molecule has 0 saturated carbocycles. The molecule has 0 spiro atoms. The van der Waals surface area contributed by atoms with Gasteiger partial charge >= 0.3 is 5.69 Å². The van der Waals surface area contributed by atoms with Crippen molar-refractivity contribution in [1.82, 2.24) is 20.1 Å². The van der Waals surface area contributed by atoms with Crippen LogP contribution in [0.3, 0.4) is 0 Å². The predicted molar refractivity (Wildman–Crippen MR) is 64.7 cm³/mol. The quantitative estimate of drug-likeness (QED) is 0.564. The SMILES string of the molecule is CNc1ncnc(NCCc2ncno2)c1[N+](=O)[O-]. The lowest BCUT2D eigenvalue weighted by Crippen LogP contribution is -2.10. The number of anilines is 2. The Morgan fingerprint density at radius 3 is 2.74 bits per heavy atom. The van der Waals surface area contributed by atoms with E-state index < -0.39 is 4.92 Å². The van der Waals surface area contributed by atoms with Crippen molar-refractivity contribution in [1.29, 1.82) is 0 Å². The molecule has 0 atom stereocenters. The third-order valence-corrected chi connectivity index (χ3v) is 2.28. The number of rotatable bonds is 6. The van der Waals surface area contributed by atoms with E-state index in [1.807, 2.05) is 0 Å². The number of aromatic nitrogens is 4. The summed E-state index contributed by atoms with van der Waals surface area (Å²) in [6.45, 7) is 0.378. The number of nitrogens with one attached hydrogen (secondary N) is 2. The molecular weight excluding hydrogens is 254 g/mol. The number of hydrogen-bond acceptors (Lipinski definition) is 9. The second-order valence-corrected chi connectivity index (χ2v) is 3.44. The van der Waals surface area contributed by atoms with Gasteiger partial charge in [-0.15, -0.1) is 0 Å². The summed E-state index contributed by atoms with van der Waals surface area (Å²) in [5, 5.41) is 20.0. The first kappa shape index (κ1) is 12.7. The van der Waals surface area contributed by atoms with Crippen LogP contribution in [0.1, 0.15) is 5.89 Å². The van der Waals surface area contributed by atoms with Crippen LogP contribution in [0.15, 0.2) is 17.2 Å². The lowest BCUT2D eigenvalue weighted by molar-refractivity contribution is -0.383. The molecular formula is C9H11N7O3. The highest BCUT2D eigenvalue weighted by atomic mass is 16.6. The Bertz CT molecular complexity index is 557. The first-order valence-electron chi connectivity index (χ1n) is 5.39. The van der Waals surface area contributed by atoms with E-state index in [-0.39, 0.29) is 17.3 Å². The minimum atomic E-state index is -0.541. The monoisotopic (exact) mass is 265 g/mol. The van der Waals surface area contributed by atoms with E-state index in [1.165, 1.54) is 12.7 Å². The van der Waals surface area contributed by atoms with Crippen LogP contribution < -0.4 is 10.6 Å². The van der Waals surface area contributed by atoms with Crippen molar-refractivity contribution in [3.8, 4) is 0 Å². The van der Waals surface area contributed by atoms with E-state index in [1.54, 1.807) is 7.05 Å². The van der Waals surface area contributed by atoms with Crippen LogP contribution in [-0.2, 0) is 6.42 Å². The molecule has 19 heavy (non-hydrogen) atoms. The van der Waals surface area contributed by atoms with Crippen LogP contribution in [0.5, 0.6) is 0 Å². The number of hydrogen-bond donors (Lipinski definition) is 2. The first-order valence-corrected chi connectivity index (χ1v) is 5.39. The standard InChI is InChI=1S/C9H11N7O3/c1-10-8-7(16(17)18)9(14-4-13-8)11-3-2-6-12-5-15-19-6/h4-5H,2-3H2,1H3,(H2,10,11,13,14). The summed E-state index contributed by atoms with van der Waals surface area (Å²) in [4.78, 5) is 21.9. The largest absolute Gasteiger partial charge is 0.367 e. The lowest BCUT2D eigenvalue weighted by atomic mass is 10.4. The van der Waals surface area contributed by atoms with Gasteiger partial charge < -0.3 is 15.2 Å². The van der Waals surface area contributed by atoms with Gasteiger partial charge in [0.2, 0.25) is 17.5 Å². The van der Waals surface area contributed by atoms with Crippen molar-refractivity contribution in [2.45, 2.75) is 6.42 Å². The molecule has 0 aromatic carbocycles. The first-order chi connectivity index (χ1) is 9.22. The third kappa shape index (κ3) is 2.91. The van der Waals surface area contributed by atoms with Crippen LogP contribution in [0.25, 0.3) is 0 Å². The van der Waals surface area contributed by atoms with Gasteiger partial charge in [0, 0.05) is 20.0 Å². The fourth-order valence-corrected chi connectivity index (χ4v) is 1.46. The third-order valence-electron chi connectivity index (χ3n) is 2.28. The molecule has 2 N–H and O–H groups in total. The maximum Gasteiger partial charge on any atom is 0.353 e. The molecule has 2 rings (SSSR count). The average Bonchev–Trinajstić information content (AvgIpc) is 2.91. The van der Waals surface area contributed by atoms with Gasteiger partial charge in [-0.25, -0.2) is 9.97 Å².